The molecule has 0 saturated carbocycles. The lowest BCUT2D eigenvalue weighted by Crippen LogP contribution is -2.39. The summed E-state index contributed by atoms with van der Waals surface area (Å²) in [4.78, 5) is 4.23. The van der Waals surface area contributed by atoms with Crippen LogP contribution in [0.4, 0.5) is 0 Å². The Morgan fingerprint density at radius 3 is 2.57 bits per heavy atom. The lowest BCUT2D eigenvalue weighted by Gasteiger charge is -2.27. The lowest BCUT2D eigenvalue weighted by molar-refractivity contribution is 0.447. The largest absolute Gasteiger partial charge is 0.315 e. The molecule has 1 aliphatic heterocycles. The Labute approximate surface area is 86.8 Å². The Hall–Kier alpha value is -0.890. The summed E-state index contributed by atoms with van der Waals surface area (Å²) < 4.78 is 0. The Bertz CT molecular complexity index is 267. The molecule has 2 heteroatoms. The van der Waals surface area contributed by atoms with Crippen LogP contribution in [0.5, 0.6) is 0 Å². The molecule has 0 atom stereocenters. The van der Waals surface area contributed by atoms with E-state index in [9.17, 15) is 0 Å². The molecule has 0 spiro atoms. The molecule has 0 bridgehead atoms. The van der Waals surface area contributed by atoms with Gasteiger partial charge in [-0.25, -0.2) is 0 Å². The molecule has 1 aromatic heterocycles. The SMILES string of the molecule is CC.CCc1cncc(C2CNC2)c1. The Morgan fingerprint density at radius 2 is 2.07 bits per heavy atom. The molecule has 0 radical (unpaired) electrons. The smallest absolute Gasteiger partial charge is 0.0303 e. The summed E-state index contributed by atoms with van der Waals surface area (Å²) in [5.41, 5.74) is 2.74. The van der Waals surface area contributed by atoms with Gasteiger partial charge in [-0.15, -0.1) is 0 Å². The average Bonchev–Trinajstić information content (AvgIpc) is 2.19. The number of rotatable bonds is 2. The zero-order chi connectivity index (χ0) is 10.4. The fourth-order valence-electron chi connectivity index (χ4n) is 1.45. The molecule has 2 heterocycles. The number of pyridine rings is 1. The van der Waals surface area contributed by atoms with Crippen molar-refractivity contribution in [1.29, 1.82) is 0 Å². The maximum Gasteiger partial charge on any atom is 0.0303 e. The summed E-state index contributed by atoms with van der Waals surface area (Å²) in [5, 5.41) is 3.27. The van der Waals surface area contributed by atoms with Gasteiger partial charge < -0.3 is 5.32 Å². The van der Waals surface area contributed by atoms with Gasteiger partial charge in [-0.3, -0.25) is 4.98 Å². The van der Waals surface area contributed by atoms with Gasteiger partial charge in [0.1, 0.15) is 0 Å². The van der Waals surface area contributed by atoms with E-state index in [0.29, 0.717) is 5.92 Å². The summed E-state index contributed by atoms with van der Waals surface area (Å²) in [6, 6.07) is 2.28. The summed E-state index contributed by atoms with van der Waals surface area (Å²) >= 11 is 0. The van der Waals surface area contributed by atoms with E-state index < -0.39 is 0 Å². The predicted molar refractivity (Wildman–Crippen MR) is 60.6 cm³/mol. The van der Waals surface area contributed by atoms with E-state index in [4.69, 9.17) is 0 Å². The molecule has 0 aromatic carbocycles. The number of aromatic nitrogens is 1. The van der Waals surface area contributed by atoms with Gasteiger partial charge in [0.2, 0.25) is 0 Å². The fourth-order valence-corrected chi connectivity index (χ4v) is 1.45. The zero-order valence-corrected chi connectivity index (χ0v) is 9.38. The van der Waals surface area contributed by atoms with Crippen molar-refractivity contribution in [2.45, 2.75) is 33.1 Å². The van der Waals surface area contributed by atoms with Gasteiger partial charge in [0, 0.05) is 31.4 Å². The molecule has 1 aromatic rings. The van der Waals surface area contributed by atoms with Gasteiger partial charge in [-0.2, -0.15) is 0 Å². The van der Waals surface area contributed by atoms with Crippen LogP contribution in [0.15, 0.2) is 18.5 Å². The van der Waals surface area contributed by atoms with Crippen LogP contribution in [0, 0.1) is 0 Å². The van der Waals surface area contributed by atoms with E-state index >= 15 is 0 Å². The highest BCUT2D eigenvalue weighted by Gasteiger charge is 2.18. The van der Waals surface area contributed by atoms with Crippen LogP contribution in [0.2, 0.25) is 0 Å². The Kier molecular flexibility index (Phi) is 4.60. The Morgan fingerprint density at radius 1 is 1.36 bits per heavy atom. The summed E-state index contributed by atoms with van der Waals surface area (Å²) in [6.07, 6.45) is 5.03. The molecule has 1 aliphatic rings. The first-order valence-electron chi connectivity index (χ1n) is 5.54. The van der Waals surface area contributed by atoms with Crippen molar-refractivity contribution in [2.75, 3.05) is 13.1 Å². The van der Waals surface area contributed by atoms with E-state index in [-0.39, 0.29) is 0 Å². The zero-order valence-electron chi connectivity index (χ0n) is 9.38. The van der Waals surface area contributed by atoms with Gasteiger partial charge in [0.15, 0.2) is 0 Å². The maximum absolute atomic E-state index is 4.23. The first-order chi connectivity index (χ1) is 6.90. The van der Waals surface area contributed by atoms with Crippen molar-refractivity contribution in [3.8, 4) is 0 Å². The molecule has 0 amide bonds. The van der Waals surface area contributed by atoms with E-state index in [1.54, 1.807) is 0 Å². The normalized spacial score (nSPS) is 15.4. The van der Waals surface area contributed by atoms with E-state index in [0.717, 1.165) is 19.5 Å². The van der Waals surface area contributed by atoms with Crippen molar-refractivity contribution < 1.29 is 0 Å². The molecule has 14 heavy (non-hydrogen) atoms. The second-order valence-corrected chi connectivity index (χ2v) is 3.34. The topological polar surface area (TPSA) is 24.9 Å². The second-order valence-electron chi connectivity index (χ2n) is 3.34. The highest BCUT2D eigenvalue weighted by atomic mass is 14.9. The fraction of sp³-hybridized carbons (Fsp3) is 0.583. The third kappa shape index (κ3) is 2.55. The molecule has 1 fully saturated rings. The van der Waals surface area contributed by atoms with Gasteiger partial charge in [0.05, 0.1) is 0 Å². The Balaban J connectivity index is 0.000000461. The number of nitrogens with one attached hydrogen (secondary N) is 1. The molecule has 2 rings (SSSR count). The highest BCUT2D eigenvalue weighted by molar-refractivity contribution is 5.24. The molecular formula is C12H20N2. The molecule has 2 nitrogen and oxygen atoms in total. The van der Waals surface area contributed by atoms with Gasteiger partial charge >= 0.3 is 0 Å². The van der Waals surface area contributed by atoms with Crippen LogP contribution in [-0.2, 0) is 6.42 Å². The van der Waals surface area contributed by atoms with E-state index in [2.05, 4.69) is 23.3 Å². The molecule has 0 aliphatic carbocycles. The van der Waals surface area contributed by atoms with E-state index in [1.165, 1.54) is 11.1 Å². The van der Waals surface area contributed by atoms with Crippen LogP contribution in [0.25, 0.3) is 0 Å². The summed E-state index contributed by atoms with van der Waals surface area (Å²) in [7, 11) is 0. The standard InChI is InChI=1S/C10H14N2.C2H6/c1-2-8-3-9(5-11-4-8)10-6-12-7-10;1-2/h3-5,10,12H,2,6-7H2,1H3;1-2H3. The minimum absolute atomic E-state index is 0.712. The lowest BCUT2D eigenvalue weighted by atomic mass is 9.94. The van der Waals surface area contributed by atoms with Crippen molar-refractivity contribution >= 4 is 0 Å². The number of nitrogens with zero attached hydrogens (tertiary/aromatic N) is 1. The second kappa shape index (κ2) is 5.76. The van der Waals surface area contributed by atoms with E-state index in [1.807, 2.05) is 26.2 Å². The van der Waals surface area contributed by atoms with Crippen molar-refractivity contribution in [1.82, 2.24) is 10.3 Å². The first-order valence-corrected chi connectivity index (χ1v) is 5.54. The van der Waals surface area contributed by atoms with Gasteiger partial charge in [0.25, 0.3) is 0 Å². The minimum Gasteiger partial charge on any atom is -0.315 e. The third-order valence-electron chi connectivity index (χ3n) is 2.48. The van der Waals surface area contributed by atoms with Gasteiger partial charge in [-0.1, -0.05) is 26.8 Å². The van der Waals surface area contributed by atoms with Crippen LogP contribution >= 0.6 is 0 Å². The third-order valence-corrected chi connectivity index (χ3v) is 2.48. The van der Waals surface area contributed by atoms with Crippen molar-refractivity contribution in [3.05, 3.63) is 29.6 Å². The molecule has 78 valence electrons. The molecule has 0 unspecified atom stereocenters. The molecule has 1 N–H and O–H groups in total. The van der Waals surface area contributed by atoms with Crippen LogP contribution in [0.1, 0.15) is 37.8 Å². The minimum atomic E-state index is 0.712. The van der Waals surface area contributed by atoms with Crippen LogP contribution in [-0.4, -0.2) is 18.1 Å². The highest BCUT2D eigenvalue weighted by Crippen LogP contribution is 2.19. The summed E-state index contributed by atoms with van der Waals surface area (Å²) in [6.45, 7) is 8.41. The number of hydrogen-bond acceptors (Lipinski definition) is 2. The first kappa shape index (κ1) is 11.2. The average molecular weight is 192 g/mol. The molecular weight excluding hydrogens is 172 g/mol. The summed E-state index contributed by atoms with van der Waals surface area (Å²) in [5.74, 6) is 0.712. The monoisotopic (exact) mass is 192 g/mol. The van der Waals surface area contributed by atoms with Gasteiger partial charge in [-0.05, 0) is 17.5 Å². The predicted octanol–water partition coefficient (Wildman–Crippen LogP) is 2.36. The maximum atomic E-state index is 4.23. The van der Waals surface area contributed by atoms with Crippen molar-refractivity contribution in [3.63, 3.8) is 0 Å². The van der Waals surface area contributed by atoms with Crippen LogP contribution in [0.3, 0.4) is 0 Å². The molecule has 1 saturated heterocycles. The van der Waals surface area contributed by atoms with Crippen LogP contribution < -0.4 is 5.32 Å². The van der Waals surface area contributed by atoms with Crippen molar-refractivity contribution in [2.24, 2.45) is 0 Å². The number of aryl methyl sites for hydroxylation is 1. The quantitative estimate of drug-likeness (QED) is 0.778. The number of hydrogen-bond donors (Lipinski definition) is 1.